The van der Waals surface area contributed by atoms with Gasteiger partial charge in [0.2, 0.25) is 5.91 Å². The summed E-state index contributed by atoms with van der Waals surface area (Å²) in [5.41, 5.74) is 4.98. The normalized spacial score (nSPS) is 27.2. The van der Waals surface area contributed by atoms with Crippen LogP contribution in [0.15, 0.2) is 5.16 Å². The molecule has 1 unspecified atom stereocenters. The monoisotopic (exact) mass is 303 g/mol. The van der Waals surface area contributed by atoms with Crippen LogP contribution in [-0.4, -0.2) is 46.0 Å². The summed E-state index contributed by atoms with van der Waals surface area (Å²) in [7, 11) is 0. The molecule has 2 aliphatic rings. The van der Waals surface area contributed by atoms with Gasteiger partial charge in [-0.3, -0.25) is 4.79 Å². The predicted molar refractivity (Wildman–Crippen MR) is 80.9 cm³/mol. The largest absolute Gasteiger partial charge is 0.409 e. The van der Waals surface area contributed by atoms with Crippen LogP contribution in [0.2, 0.25) is 0 Å². The second-order valence-corrected chi connectivity index (χ2v) is 7.61. The number of amides is 1. The fourth-order valence-electron chi connectivity index (χ4n) is 2.70. The Morgan fingerprint density at radius 3 is 2.74 bits per heavy atom. The van der Waals surface area contributed by atoms with Crippen molar-refractivity contribution in [1.82, 2.24) is 5.32 Å². The highest BCUT2D eigenvalue weighted by Gasteiger charge is 2.45. The summed E-state index contributed by atoms with van der Waals surface area (Å²) in [6, 6.07) is 0. The molecule has 0 radical (unpaired) electrons. The summed E-state index contributed by atoms with van der Waals surface area (Å²) in [6.07, 6.45) is 3.28. The third-order valence-electron chi connectivity index (χ3n) is 3.87. The number of oxime groups is 1. The van der Waals surface area contributed by atoms with Crippen molar-refractivity contribution in [2.75, 3.05) is 23.8 Å². The van der Waals surface area contributed by atoms with E-state index >= 15 is 0 Å². The molecule has 2 fully saturated rings. The zero-order valence-electron chi connectivity index (χ0n) is 10.9. The number of rotatable bonds is 4. The van der Waals surface area contributed by atoms with Crippen LogP contribution >= 0.6 is 23.5 Å². The van der Waals surface area contributed by atoms with Crippen LogP contribution in [0, 0.1) is 5.41 Å². The molecule has 1 aliphatic heterocycles. The number of hydrogen-bond donors (Lipinski definition) is 3. The first kappa shape index (κ1) is 14.8. The molecule has 0 spiro atoms. The van der Waals surface area contributed by atoms with Gasteiger partial charge >= 0.3 is 0 Å². The van der Waals surface area contributed by atoms with E-state index in [-0.39, 0.29) is 11.7 Å². The smallest absolute Gasteiger partial charge is 0.233 e. The van der Waals surface area contributed by atoms with Crippen LogP contribution in [0.1, 0.15) is 25.7 Å². The number of amidine groups is 1. The number of hydrogen-bond acceptors (Lipinski definition) is 5. The lowest BCUT2D eigenvalue weighted by Crippen LogP contribution is -2.49. The van der Waals surface area contributed by atoms with Crippen molar-refractivity contribution in [3.8, 4) is 0 Å². The molecule has 0 aromatic heterocycles. The highest BCUT2D eigenvalue weighted by molar-refractivity contribution is 8.06. The number of nitrogens with two attached hydrogens (primary N) is 1. The zero-order chi connectivity index (χ0) is 13.7. The minimum absolute atomic E-state index is 0.0631. The van der Waals surface area contributed by atoms with Gasteiger partial charge in [0.1, 0.15) is 5.41 Å². The van der Waals surface area contributed by atoms with Crippen molar-refractivity contribution < 1.29 is 10.0 Å². The van der Waals surface area contributed by atoms with E-state index in [1.54, 1.807) is 0 Å². The highest BCUT2D eigenvalue weighted by Crippen LogP contribution is 2.38. The Kier molecular flexibility index (Phi) is 5.27. The van der Waals surface area contributed by atoms with Crippen molar-refractivity contribution in [2.24, 2.45) is 16.3 Å². The third kappa shape index (κ3) is 3.31. The van der Waals surface area contributed by atoms with E-state index in [9.17, 15) is 4.79 Å². The molecule has 108 valence electrons. The first-order valence-electron chi connectivity index (χ1n) is 6.65. The molecule has 1 amide bonds. The molecule has 1 saturated heterocycles. The number of nitrogens with zero attached hydrogens (tertiary/aromatic N) is 1. The van der Waals surface area contributed by atoms with Crippen LogP contribution < -0.4 is 11.1 Å². The average molecular weight is 303 g/mol. The van der Waals surface area contributed by atoms with Gasteiger partial charge in [-0.1, -0.05) is 18.0 Å². The van der Waals surface area contributed by atoms with Gasteiger partial charge in [0.15, 0.2) is 5.84 Å². The Hall–Kier alpha value is -0.560. The Balaban J connectivity index is 1.92. The van der Waals surface area contributed by atoms with Crippen LogP contribution in [0.3, 0.4) is 0 Å². The second-order valence-electron chi connectivity index (χ2n) is 5.05. The van der Waals surface area contributed by atoms with Gasteiger partial charge in [0.25, 0.3) is 0 Å². The number of thioether (sulfide) groups is 2. The number of carbonyl (C=O) groups is 1. The van der Waals surface area contributed by atoms with Gasteiger partial charge in [0.05, 0.1) is 0 Å². The maximum absolute atomic E-state index is 12.4. The standard InChI is InChI=1S/C12H21N3O2S2/c13-10(15-17)12(3-1-2-4-12)11(16)14-7-9-8-18-5-6-19-9/h9,17H,1-8H2,(H2,13,15)(H,14,16). The van der Waals surface area contributed by atoms with Gasteiger partial charge in [-0.15, -0.1) is 0 Å². The molecule has 2 rings (SSSR count). The van der Waals surface area contributed by atoms with E-state index in [2.05, 4.69) is 10.5 Å². The summed E-state index contributed by atoms with van der Waals surface area (Å²) in [6.45, 7) is 0.678. The fourth-order valence-corrected chi connectivity index (χ4v) is 5.32. The van der Waals surface area contributed by atoms with E-state index in [4.69, 9.17) is 10.9 Å². The van der Waals surface area contributed by atoms with Gasteiger partial charge in [-0.2, -0.15) is 23.5 Å². The van der Waals surface area contributed by atoms with Crippen LogP contribution in [0.25, 0.3) is 0 Å². The van der Waals surface area contributed by atoms with Crippen LogP contribution in [0.4, 0.5) is 0 Å². The van der Waals surface area contributed by atoms with E-state index in [1.165, 1.54) is 5.75 Å². The molecule has 0 bridgehead atoms. The van der Waals surface area contributed by atoms with Crippen molar-refractivity contribution in [3.63, 3.8) is 0 Å². The lowest BCUT2D eigenvalue weighted by Gasteiger charge is -2.28. The van der Waals surface area contributed by atoms with E-state index in [1.807, 2.05) is 23.5 Å². The van der Waals surface area contributed by atoms with E-state index < -0.39 is 5.41 Å². The molecule has 5 nitrogen and oxygen atoms in total. The van der Waals surface area contributed by atoms with Crippen LogP contribution in [-0.2, 0) is 4.79 Å². The quantitative estimate of drug-likeness (QED) is 0.315. The molecule has 7 heteroatoms. The van der Waals surface area contributed by atoms with Gasteiger partial charge in [-0.05, 0) is 12.8 Å². The highest BCUT2D eigenvalue weighted by atomic mass is 32.2. The molecule has 4 N–H and O–H groups in total. The lowest BCUT2D eigenvalue weighted by molar-refractivity contribution is -0.127. The lowest BCUT2D eigenvalue weighted by atomic mass is 9.84. The third-order valence-corrected chi connectivity index (χ3v) is 6.71. The molecule has 1 aliphatic carbocycles. The SMILES string of the molecule is NC(=NO)C1(C(=O)NCC2CSCCS2)CCCC1. The summed E-state index contributed by atoms with van der Waals surface area (Å²) < 4.78 is 0. The van der Waals surface area contributed by atoms with Crippen molar-refractivity contribution >= 4 is 35.3 Å². The Bertz CT molecular complexity index is 351. The van der Waals surface area contributed by atoms with Gasteiger partial charge in [0, 0.05) is 29.1 Å². The zero-order valence-corrected chi connectivity index (χ0v) is 12.6. The molecule has 1 heterocycles. The fraction of sp³-hybridized carbons (Fsp3) is 0.833. The maximum Gasteiger partial charge on any atom is 0.233 e. The first-order chi connectivity index (χ1) is 9.19. The molecule has 1 saturated carbocycles. The predicted octanol–water partition coefficient (Wildman–Crippen LogP) is 1.26. The summed E-state index contributed by atoms with van der Waals surface area (Å²) in [5, 5.41) is 15.5. The minimum Gasteiger partial charge on any atom is -0.409 e. The van der Waals surface area contributed by atoms with Crippen molar-refractivity contribution in [2.45, 2.75) is 30.9 Å². The minimum atomic E-state index is -0.777. The molecular weight excluding hydrogens is 282 g/mol. The van der Waals surface area contributed by atoms with Gasteiger partial charge < -0.3 is 16.3 Å². The summed E-state index contributed by atoms with van der Waals surface area (Å²) >= 11 is 3.85. The summed E-state index contributed by atoms with van der Waals surface area (Å²) in [4.78, 5) is 12.4. The first-order valence-corrected chi connectivity index (χ1v) is 8.85. The number of nitrogens with one attached hydrogen (secondary N) is 1. The molecule has 1 atom stereocenters. The van der Waals surface area contributed by atoms with Gasteiger partial charge in [-0.25, -0.2) is 0 Å². The van der Waals surface area contributed by atoms with Crippen LogP contribution in [0.5, 0.6) is 0 Å². The topological polar surface area (TPSA) is 87.7 Å². The summed E-state index contributed by atoms with van der Waals surface area (Å²) in [5.74, 6) is 3.42. The molecule has 19 heavy (non-hydrogen) atoms. The molecule has 0 aromatic carbocycles. The maximum atomic E-state index is 12.4. The van der Waals surface area contributed by atoms with Crippen molar-refractivity contribution in [1.29, 1.82) is 0 Å². The Morgan fingerprint density at radius 2 is 2.16 bits per heavy atom. The Morgan fingerprint density at radius 1 is 1.42 bits per heavy atom. The molecular formula is C12H21N3O2S2. The molecule has 0 aromatic rings. The number of carbonyl (C=O) groups excluding carboxylic acids is 1. The van der Waals surface area contributed by atoms with Crippen molar-refractivity contribution in [3.05, 3.63) is 0 Å². The van der Waals surface area contributed by atoms with E-state index in [0.29, 0.717) is 24.6 Å². The average Bonchev–Trinajstić information content (AvgIpc) is 2.96. The van der Waals surface area contributed by atoms with E-state index in [0.717, 1.165) is 24.3 Å². The second kappa shape index (κ2) is 6.74. The Labute approximate surface area is 122 Å².